The van der Waals surface area contributed by atoms with Crippen molar-refractivity contribution in [2.24, 2.45) is 0 Å². The maximum absolute atomic E-state index is 12.5. The van der Waals surface area contributed by atoms with Crippen molar-refractivity contribution in [3.05, 3.63) is 52.2 Å². The molecule has 0 aliphatic heterocycles. The van der Waals surface area contributed by atoms with E-state index >= 15 is 0 Å². The molecule has 148 valence electrons. The first-order valence-corrected chi connectivity index (χ1v) is 9.94. The number of carbonyl (C=O) groups is 1. The summed E-state index contributed by atoms with van der Waals surface area (Å²) in [5, 5.41) is 13.6. The SMILES string of the molecule is COCCN(CC(=O)Nc1ccc(C)c(Cl)c1)Cc1nnc(-c2cccs2)o1. The Morgan fingerprint density at radius 3 is 2.93 bits per heavy atom. The van der Waals surface area contributed by atoms with Crippen molar-refractivity contribution in [2.45, 2.75) is 13.5 Å². The Labute approximate surface area is 172 Å². The van der Waals surface area contributed by atoms with Gasteiger partial charge in [-0.3, -0.25) is 9.69 Å². The molecule has 1 N–H and O–H groups in total. The topological polar surface area (TPSA) is 80.5 Å². The zero-order chi connectivity index (χ0) is 19.9. The van der Waals surface area contributed by atoms with Crippen LogP contribution >= 0.6 is 22.9 Å². The second-order valence-corrected chi connectivity index (χ2v) is 7.55. The summed E-state index contributed by atoms with van der Waals surface area (Å²) in [4.78, 5) is 15.3. The van der Waals surface area contributed by atoms with Gasteiger partial charge in [0.1, 0.15) is 0 Å². The number of hydrogen-bond acceptors (Lipinski definition) is 7. The lowest BCUT2D eigenvalue weighted by atomic mass is 10.2. The van der Waals surface area contributed by atoms with E-state index in [4.69, 9.17) is 20.8 Å². The average molecular weight is 421 g/mol. The number of carbonyl (C=O) groups excluding carboxylic acids is 1. The summed E-state index contributed by atoms with van der Waals surface area (Å²) in [6.07, 6.45) is 0. The smallest absolute Gasteiger partial charge is 0.257 e. The van der Waals surface area contributed by atoms with Gasteiger partial charge in [-0.15, -0.1) is 21.5 Å². The van der Waals surface area contributed by atoms with E-state index in [-0.39, 0.29) is 12.5 Å². The van der Waals surface area contributed by atoms with Gasteiger partial charge in [-0.1, -0.05) is 23.7 Å². The highest BCUT2D eigenvalue weighted by Crippen LogP contribution is 2.23. The fraction of sp³-hybridized carbons (Fsp3) is 0.316. The molecular weight excluding hydrogens is 400 g/mol. The molecule has 0 saturated heterocycles. The summed E-state index contributed by atoms with van der Waals surface area (Å²) in [6.45, 7) is 3.45. The summed E-state index contributed by atoms with van der Waals surface area (Å²) in [7, 11) is 1.62. The summed E-state index contributed by atoms with van der Waals surface area (Å²) in [5.74, 6) is 0.773. The maximum Gasteiger partial charge on any atom is 0.257 e. The summed E-state index contributed by atoms with van der Waals surface area (Å²) >= 11 is 7.65. The molecule has 9 heteroatoms. The number of amides is 1. The number of nitrogens with zero attached hydrogens (tertiary/aromatic N) is 3. The second kappa shape index (κ2) is 9.79. The Morgan fingerprint density at radius 1 is 1.36 bits per heavy atom. The first-order valence-electron chi connectivity index (χ1n) is 8.68. The van der Waals surface area contributed by atoms with Crippen molar-refractivity contribution in [1.82, 2.24) is 15.1 Å². The number of rotatable bonds is 9. The summed E-state index contributed by atoms with van der Waals surface area (Å²) in [6, 6.07) is 9.27. The van der Waals surface area contributed by atoms with Crippen LogP contribution in [0.15, 0.2) is 40.1 Å². The number of aromatic nitrogens is 2. The van der Waals surface area contributed by atoms with E-state index in [9.17, 15) is 4.79 Å². The molecular formula is C19H21ClN4O3S. The van der Waals surface area contributed by atoms with Crippen molar-refractivity contribution < 1.29 is 13.9 Å². The number of aryl methyl sites for hydroxylation is 1. The van der Waals surface area contributed by atoms with Crippen LogP contribution in [0.5, 0.6) is 0 Å². The second-order valence-electron chi connectivity index (χ2n) is 6.19. The van der Waals surface area contributed by atoms with Crippen LogP contribution in [0.2, 0.25) is 5.02 Å². The molecule has 0 atom stereocenters. The Balaban J connectivity index is 1.62. The molecule has 1 aromatic carbocycles. The van der Waals surface area contributed by atoms with E-state index < -0.39 is 0 Å². The number of nitrogens with one attached hydrogen (secondary N) is 1. The summed E-state index contributed by atoms with van der Waals surface area (Å²) in [5.41, 5.74) is 1.62. The van der Waals surface area contributed by atoms with Crippen LogP contribution in [0.25, 0.3) is 10.8 Å². The molecule has 0 aliphatic carbocycles. The van der Waals surface area contributed by atoms with E-state index in [1.165, 1.54) is 11.3 Å². The molecule has 0 bridgehead atoms. The predicted octanol–water partition coefficient (Wildman–Crippen LogP) is 3.85. The highest BCUT2D eigenvalue weighted by Gasteiger charge is 2.16. The molecule has 2 aromatic heterocycles. The zero-order valence-electron chi connectivity index (χ0n) is 15.6. The molecule has 7 nitrogen and oxygen atoms in total. The number of hydrogen-bond donors (Lipinski definition) is 1. The number of anilines is 1. The average Bonchev–Trinajstić information content (AvgIpc) is 3.34. The van der Waals surface area contributed by atoms with Crippen LogP contribution in [-0.4, -0.2) is 47.8 Å². The largest absolute Gasteiger partial charge is 0.419 e. The van der Waals surface area contributed by atoms with Gasteiger partial charge in [0.15, 0.2) is 0 Å². The molecule has 0 unspecified atom stereocenters. The summed E-state index contributed by atoms with van der Waals surface area (Å²) < 4.78 is 10.9. The lowest BCUT2D eigenvalue weighted by Crippen LogP contribution is -2.35. The normalized spacial score (nSPS) is 11.1. The van der Waals surface area contributed by atoms with Crippen LogP contribution in [0.1, 0.15) is 11.5 Å². The van der Waals surface area contributed by atoms with Gasteiger partial charge in [0, 0.05) is 24.4 Å². The Kier molecular flexibility index (Phi) is 7.16. The number of thiophene rings is 1. The molecule has 0 saturated carbocycles. The van der Waals surface area contributed by atoms with Gasteiger partial charge in [0.25, 0.3) is 5.89 Å². The van der Waals surface area contributed by atoms with Gasteiger partial charge in [-0.05, 0) is 36.1 Å². The van der Waals surface area contributed by atoms with Crippen LogP contribution in [0.4, 0.5) is 5.69 Å². The first-order chi connectivity index (χ1) is 13.5. The van der Waals surface area contributed by atoms with Gasteiger partial charge in [-0.25, -0.2) is 0 Å². The molecule has 3 rings (SSSR count). The zero-order valence-corrected chi connectivity index (χ0v) is 17.2. The molecule has 28 heavy (non-hydrogen) atoms. The van der Waals surface area contributed by atoms with Crippen LogP contribution < -0.4 is 5.32 Å². The molecule has 0 aliphatic rings. The Morgan fingerprint density at radius 2 is 2.21 bits per heavy atom. The van der Waals surface area contributed by atoms with E-state index in [1.807, 2.05) is 41.5 Å². The minimum Gasteiger partial charge on any atom is -0.419 e. The van der Waals surface area contributed by atoms with Crippen molar-refractivity contribution in [2.75, 3.05) is 32.1 Å². The number of methoxy groups -OCH3 is 1. The van der Waals surface area contributed by atoms with E-state index in [0.717, 1.165) is 10.4 Å². The number of ether oxygens (including phenoxy) is 1. The van der Waals surface area contributed by atoms with Crippen LogP contribution in [0, 0.1) is 6.92 Å². The van der Waals surface area contributed by atoms with Crippen molar-refractivity contribution in [1.29, 1.82) is 0 Å². The highest BCUT2D eigenvalue weighted by atomic mass is 35.5. The Hall–Kier alpha value is -2.26. The fourth-order valence-corrected chi connectivity index (χ4v) is 3.34. The predicted molar refractivity (Wildman–Crippen MR) is 110 cm³/mol. The highest BCUT2D eigenvalue weighted by molar-refractivity contribution is 7.13. The third-order valence-electron chi connectivity index (χ3n) is 3.99. The molecule has 0 fully saturated rings. The third-order valence-corrected chi connectivity index (χ3v) is 5.26. The minimum absolute atomic E-state index is 0.158. The number of benzene rings is 1. The number of halogens is 1. The minimum atomic E-state index is -0.158. The van der Waals surface area contributed by atoms with E-state index in [1.54, 1.807) is 13.2 Å². The lowest BCUT2D eigenvalue weighted by molar-refractivity contribution is -0.117. The molecule has 2 heterocycles. The van der Waals surface area contributed by atoms with Gasteiger partial charge >= 0.3 is 0 Å². The van der Waals surface area contributed by atoms with Crippen LogP contribution in [-0.2, 0) is 16.1 Å². The molecule has 0 radical (unpaired) electrons. The van der Waals surface area contributed by atoms with Crippen LogP contribution in [0.3, 0.4) is 0 Å². The quantitative estimate of drug-likeness (QED) is 0.566. The molecule has 1 amide bonds. The fourth-order valence-electron chi connectivity index (χ4n) is 2.52. The monoisotopic (exact) mass is 420 g/mol. The van der Waals surface area contributed by atoms with E-state index in [0.29, 0.717) is 42.2 Å². The maximum atomic E-state index is 12.5. The van der Waals surface area contributed by atoms with Gasteiger partial charge in [0.2, 0.25) is 11.8 Å². The standard InChI is InChI=1S/C19H21ClN4O3S/c1-13-5-6-14(10-15(13)20)21-17(25)11-24(7-8-26-2)12-18-22-23-19(27-18)16-4-3-9-28-16/h3-6,9-10H,7-8,11-12H2,1-2H3,(H,21,25). The molecule has 0 spiro atoms. The van der Waals surface area contributed by atoms with Gasteiger partial charge in [-0.2, -0.15) is 0 Å². The molecule has 3 aromatic rings. The van der Waals surface area contributed by atoms with Crippen molar-refractivity contribution in [3.63, 3.8) is 0 Å². The Bertz CT molecular complexity index is 914. The van der Waals surface area contributed by atoms with Crippen molar-refractivity contribution >= 4 is 34.5 Å². The van der Waals surface area contributed by atoms with Gasteiger partial charge < -0.3 is 14.5 Å². The lowest BCUT2D eigenvalue weighted by Gasteiger charge is -2.19. The first kappa shape index (κ1) is 20.5. The van der Waals surface area contributed by atoms with Crippen molar-refractivity contribution in [3.8, 4) is 10.8 Å². The third kappa shape index (κ3) is 5.62. The van der Waals surface area contributed by atoms with E-state index in [2.05, 4.69) is 15.5 Å². The van der Waals surface area contributed by atoms with Gasteiger partial charge in [0.05, 0.1) is 24.6 Å².